The van der Waals surface area contributed by atoms with E-state index in [1.165, 1.54) is 0 Å². The van der Waals surface area contributed by atoms with Crippen LogP contribution < -0.4 is 10.6 Å². The highest BCUT2D eigenvalue weighted by Crippen LogP contribution is 2.42. The van der Waals surface area contributed by atoms with Gasteiger partial charge in [0.2, 0.25) is 11.8 Å². The molecular formula is C19H27ClN2O2. The maximum Gasteiger partial charge on any atom is 0.231 e. The molecule has 2 amide bonds. The van der Waals surface area contributed by atoms with E-state index in [0.717, 1.165) is 31.2 Å². The maximum atomic E-state index is 12.9. The number of halogens is 1. The fraction of sp³-hybridized carbons (Fsp3) is 0.579. The monoisotopic (exact) mass is 350 g/mol. The quantitative estimate of drug-likeness (QED) is 0.842. The fourth-order valence-corrected chi connectivity index (χ4v) is 3.56. The van der Waals surface area contributed by atoms with Gasteiger partial charge in [0, 0.05) is 12.0 Å². The SMILES string of the molecule is Cc1ccc(NC(=O)C2(CC(=O)NC(C)(C)C)CCCC2)c(Cl)c1. The Morgan fingerprint density at radius 1 is 1.21 bits per heavy atom. The number of carbonyl (C=O) groups excluding carboxylic acids is 2. The van der Waals surface area contributed by atoms with Crippen molar-refractivity contribution in [3.05, 3.63) is 28.8 Å². The molecule has 0 radical (unpaired) electrons. The molecule has 2 rings (SSSR count). The second-order valence-corrected chi connectivity index (χ2v) is 8.31. The third-order valence-electron chi connectivity index (χ3n) is 4.43. The summed E-state index contributed by atoms with van der Waals surface area (Å²) in [5.41, 5.74) is 0.713. The third-order valence-corrected chi connectivity index (χ3v) is 4.74. The smallest absolute Gasteiger partial charge is 0.231 e. The van der Waals surface area contributed by atoms with Crippen LogP contribution in [0, 0.1) is 12.3 Å². The van der Waals surface area contributed by atoms with Crippen LogP contribution in [0.3, 0.4) is 0 Å². The molecule has 1 aromatic rings. The van der Waals surface area contributed by atoms with Gasteiger partial charge in [-0.2, -0.15) is 0 Å². The Kier molecular flexibility index (Phi) is 5.59. The van der Waals surface area contributed by atoms with Crippen molar-refractivity contribution in [3.63, 3.8) is 0 Å². The van der Waals surface area contributed by atoms with E-state index in [2.05, 4.69) is 10.6 Å². The van der Waals surface area contributed by atoms with Crippen molar-refractivity contribution >= 4 is 29.1 Å². The van der Waals surface area contributed by atoms with Crippen molar-refractivity contribution in [2.75, 3.05) is 5.32 Å². The first-order chi connectivity index (χ1) is 11.1. The van der Waals surface area contributed by atoms with Crippen molar-refractivity contribution in [1.82, 2.24) is 5.32 Å². The van der Waals surface area contributed by atoms with Crippen LogP contribution in [0.15, 0.2) is 18.2 Å². The Balaban J connectivity index is 2.14. The highest BCUT2D eigenvalue weighted by atomic mass is 35.5. The minimum absolute atomic E-state index is 0.0745. The standard InChI is InChI=1S/C19H27ClN2O2/c1-13-7-8-15(14(20)11-13)21-17(24)19(9-5-6-10-19)12-16(23)22-18(2,3)4/h7-8,11H,5-6,9-10,12H2,1-4H3,(H,21,24)(H,22,23). The molecule has 0 saturated heterocycles. The molecule has 1 aromatic carbocycles. The molecule has 5 heteroatoms. The van der Waals surface area contributed by atoms with Crippen molar-refractivity contribution in [1.29, 1.82) is 0 Å². The van der Waals surface area contributed by atoms with Gasteiger partial charge in [-0.25, -0.2) is 0 Å². The Bertz CT molecular complexity index is 629. The summed E-state index contributed by atoms with van der Waals surface area (Å²) in [6.45, 7) is 7.78. The maximum absolute atomic E-state index is 12.9. The third kappa shape index (κ3) is 4.73. The fourth-order valence-electron chi connectivity index (χ4n) is 3.28. The van der Waals surface area contributed by atoms with Gasteiger partial charge >= 0.3 is 0 Å². The Morgan fingerprint density at radius 3 is 2.38 bits per heavy atom. The lowest BCUT2D eigenvalue weighted by Gasteiger charge is -2.29. The van der Waals surface area contributed by atoms with Gasteiger partial charge in [-0.1, -0.05) is 30.5 Å². The van der Waals surface area contributed by atoms with Gasteiger partial charge in [0.15, 0.2) is 0 Å². The highest BCUT2D eigenvalue weighted by Gasteiger charge is 2.43. The molecule has 4 nitrogen and oxygen atoms in total. The normalized spacial score (nSPS) is 16.7. The Morgan fingerprint density at radius 2 is 1.83 bits per heavy atom. The zero-order valence-corrected chi connectivity index (χ0v) is 15.7. The van der Waals surface area contributed by atoms with Gasteiger partial charge in [-0.3, -0.25) is 9.59 Å². The summed E-state index contributed by atoms with van der Waals surface area (Å²) in [6, 6.07) is 5.55. The first kappa shape index (κ1) is 18.8. The Labute approximate surface area is 149 Å². The van der Waals surface area contributed by atoms with Gasteiger partial charge < -0.3 is 10.6 Å². The number of amides is 2. The molecule has 0 heterocycles. The van der Waals surface area contributed by atoms with Crippen molar-refractivity contribution in [2.45, 2.75) is 65.3 Å². The lowest BCUT2D eigenvalue weighted by atomic mass is 9.81. The summed E-state index contributed by atoms with van der Waals surface area (Å²) in [4.78, 5) is 25.3. The number of hydrogen-bond acceptors (Lipinski definition) is 2. The molecule has 2 N–H and O–H groups in total. The molecule has 0 bridgehead atoms. The minimum Gasteiger partial charge on any atom is -0.351 e. The molecule has 0 aliphatic heterocycles. The highest BCUT2D eigenvalue weighted by molar-refractivity contribution is 6.33. The van der Waals surface area contributed by atoms with Crippen LogP contribution in [0.2, 0.25) is 5.02 Å². The van der Waals surface area contributed by atoms with Crippen LogP contribution in [-0.2, 0) is 9.59 Å². The van der Waals surface area contributed by atoms with Gasteiger partial charge in [-0.05, 0) is 58.2 Å². The van der Waals surface area contributed by atoms with E-state index in [-0.39, 0.29) is 23.8 Å². The summed E-state index contributed by atoms with van der Waals surface area (Å²) >= 11 is 6.22. The molecule has 24 heavy (non-hydrogen) atoms. The lowest BCUT2D eigenvalue weighted by molar-refractivity contribution is -0.133. The number of rotatable bonds is 4. The summed E-state index contributed by atoms with van der Waals surface area (Å²) in [5, 5.41) is 6.42. The molecule has 0 spiro atoms. The average Bonchev–Trinajstić information content (AvgIpc) is 2.89. The van der Waals surface area contributed by atoms with E-state index in [9.17, 15) is 9.59 Å². The summed E-state index contributed by atoms with van der Waals surface area (Å²) in [6.07, 6.45) is 3.63. The molecule has 0 aromatic heterocycles. The van der Waals surface area contributed by atoms with E-state index in [4.69, 9.17) is 11.6 Å². The molecule has 1 aliphatic carbocycles. The van der Waals surface area contributed by atoms with E-state index >= 15 is 0 Å². The molecule has 0 atom stereocenters. The van der Waals surface area contributed by atoms with E-state index in [0.29, 0.717) is 10.7 Å². The first-order valence-electron chi connectivity index (χ1n) is 8.50. The lowest BCUT2D eigenvalue weighted by Crippen LogP contribution is -2.45. The largest absolute Gasteiger partial charge is 0.351 e. The predicted octanol–water partition coefficient (Wildman–Crippen LogP) is 4.45. The minimum atomic E-state index is -0.635. The predicted molar refractivity (Wildman–Crippen MR) is 98.2 cm³/mol. The topological polar surface area (TPSA) is 58.2 Å². The van der Waals surface area contributed by atoms with Crippen LogP contribution in [0.5, 0.6) is 0 Å². The van der Waals surface area contributed by atoms with Crippen molar-refractivity contribution < 1.29 is 9.59 Å². The van der Waals surface area contributed by atoms with E-state index in [1.807, 2.05) is 45.9 Å². The number of anilines is 1. The Hall–Kier alpha value is -1.55. The van der Waals surface area contributed by atoms with Crippen LogP contribution in [-0.4, -0.2) is 17.4 Å². The number of aryl methyl sites for hydroxylation is 1. The number of benzene rings is 1. The second-order valence-electron chi connectivity index (χ2n) is 7.90. The number of nitrogens with one attached hydrogen (secondary N) is 2. The summed E-state index contributed by atoms with van der Waals surface area (Å²) in [7, 11) is 0. The van der Waals surface area contributed by atoms with Crippen molar-refractivity contribution in [2.24, 2.45) is 5.41 Å². The van der Waals surface area contributed by atoms with Gasteiger partial charge in [0.25, 0.3) is 0 Å². The summed E-state index contributed by atoms with van der Waals surface area (Å²) < 4.78 is 0. The zero-order valence-electron chi connectivity index (χ0n) is 15.0. The number of carbonyl (C=O) groups is 2. The summed E-state index contributed by atoms with van der Waals surface area (Å²) in [5.74, 6) is -0.177. The zero-order chi connectivity index (χ0) is 18.0. The molecule has 1 saturated carbocycles. The van der Waals surface area contributed by atoms with Crippen LogP contribution in [0.4, 0.5) is 5.69 Å². The number of hydrogen-bond donors (Lipinski definition) is 2. The molecule has 1 aliphatic rings. The first-order valence-corrected chi connectivity index (χ1v) is 8.88. The van der Waals surface area contributed by atoms with E-state index < -0.39 is 5.41 Å². The molecular weight excluding hydrogens is 324 g/mol. The average molecular weight is 351 g/mol. The van der Waals surface area contributed by atoms with Gasteiger partial charge in [0.1, 0.15) is 0 Å². The van der Waals surface area contributed by atoms with Crippen LogP contribution >= 0.6 is 11.6 Å². The second kappa shape index (κ2) is 7.14. The van der Waals surface area contributed by atoms with Crippen molar-refractivity contribution in [3.8, 4) is 0 Å². The van der Waals surface area contributed by atoms with Gasteiger partial charge in [0.05, 0.1) is 16.1 Å². The molecule has 1 fully saturated rings. The van der Waals surface area contributed by atoms with Gasteiger partial charge in [-0.15, -0.1) is 0 Å². The molecule has 132 valence electrons. The molecule has 0 unspecified atom stereocenters. The van der Waals surface area contributed by atoms with Crippen LogP contribution in [0.1, 0.15) is 58.4 Å². The van der Waals surface area contributed by atoms with Crippen LogP contribution in [0.25, 0.3) is 0 Å². The van der Waals surface area contributed by atoms with E-state index in [1.54, 1.807) is 0 Å².